The first-order chi connectivity index (χ1) is 10.4. The number of allylic oxidation sites excluding steroid dienone is 1. The van der Waals surface area contributed by atoms with Crippen LogP contribution in [0.3, 0.4) is 0 Å². The van der Waals surface area contributed by atoms with Gasteiger partial charge >= 0.3 is 0 Å². The van der Waals surface area contributed by atoms with Gasteiger partial charge in [-0.05, 0) is 73.2 Å². The van der Waals surface area contributed by atoms with E-state index in [2.05, 4.69) is 13.8 Å². The zero-order valence-electron chi connectivity index (χ0n) is 13.7. The monoisotopic (exact) mass is 304 g/mol. The van der Waals surface area contributed by atoms with Crippen LogP contribution in [0, 0.1) is 28.6 Å². The molecule has 22 heavy (non-hydrogen) atoms. The van der Waals surface area contributed by atoms with Crippen molar-refractivity contribution in [3.05, 3.63) is 11.6 Å². The number of carbonyl (C=O) groups excluding carboxylic acids is 1. The number of aliphatic hydroxyl groups excluding tert-OH is 2. The van der Waals surface area contributed by atoms with Crippen molar-refractivity contribution in [2.24, 2.45) is 28.6 Å². The van der Waals surface area contributed by atoms with E-state index in [9.17, 15) is 15.0 Å². The third kappa shape index (κ3) is 1.78. The van der Waals surface area contributed by atoms with E-state index in [1.54, 1.807) is 0 Å². The quantitative estimate of drug-likeness (QED) is 0.723. The zero-order valence-corrected chi connectivity index (χ0v) is 13.7. The molecule has 0 amide bonds. The Hall–Kier alpha value is -0.670. The molecule has 0 heterocycles. The Kier molecular flexibility index (Phi) is 3.16. The van der Waals surface area contributed by atoms with Gasteiger partial charge in [0.15, 0.2) is 5.78 Å². The third-order valence-electron chi connectivity index (χ3n) is 7.94. The van der Waals surface area contributed by atoms with Gasteiger partial charge in [0, 0.05) is 6.42 Å². The molecule has 122 valence electrons. The molecule has 0 bridgehead atoms. The molecule has 4 aliphatic carbocycles. The molecule has 3 saturated carbocycles. The molecule has 0 unspecified atom stereocenters. The molecule has 4 aliphatic rings. The minimum atomic E-state index is -0.559. The normalized spacial score (nSPS) is 54.3. The Morgan fingerprint density at radius 1 is 1.09 bits per heavy atom. The van der Waals surface area contributed by atoms with Crippen molar-refractivity contribution in [2.75, 3.05) is 0 Å². The number of hydrogen-bond acceptors (Lipinski definition) is 3. The van der Waals surface area contributed by atoms with E-state index < -0.39 is 12.2 Å². The van der Waals surface area contributed by atoms with Gasteiger partial charge in [-0.2, -0.15) is 0 Å². The van der Waals surface area contributed by atoms with Gasteiger partial charge in [0.05, 0.1) is 12.2 Å². The van der Waals surface area contributed by atoms with Crippen molar-refractivity contribution < 1.29 is 15.0 Å². The second kappa shape index (κ2) is 4.67. The van der Waals surface area contributed by atoms with E-state index in [0.29, 0.717) is 30.0 Å². The van der Waals surface area contributed by atoms with E-state index in [1.165, 1.54) is 5.57 Å². The Bertz CT molecular complexity index is 539. The van der Waals surface area contributed by atoms with Gasteiger partial charge in [-0.25, -0.2) is 0 Å². The van der Waals surface area contributed by atoms with Crippen molar-refractivity contribution >= 4 is 5.78 Å². The van der Waals surface area contributed by atoms with Crippen LogP contribution in [0.2, 0.25) is 0 Å². The maximum absolute atomic E-state index is 11.8. The maximum atomic E-state index is 11.8. The van der Waals surface area contributed by atoms with Crippen LogP contribution in [0.25, 0.3) is 0 Å². The standard InChI is InChI=1S/C19H28O3/c1-18-7-5-12(20)9-11(18)3-4-13-14(18)6-8-19(2)15(13)10-16(21)17(19)22/h9,13-17,21-22H,3-8,10H2,1-2H3/t13-,14-,15+,16+,17-,18+,19+/m1/s1. The number of carbonyl (C=O) groups is 1. The average molecular weight is 304 g/mol. The topological polar surface area (TPSA) is 57.5 Å². The van der Waals surface area contributed by atoms with Gasteiger partial charge in [-0.15, -0.1) is 0 Å². The van der Waals surface area contributed by atoms with Gasteiger partial charge in [0.2, 0.25) is 0 Å². The highest BCUT2D eigenvalue weighted by Gasteiger charge is 2.60. The minimum absolute atomic E-state index is 0.108. The highest BCUT2D eigenvalue weighted by atomic mass is 16.3. The molecule has 7 atom stereocenters. The van der Waals surface area contributed by atoms with Gasteiger partial charge in [0.25, 0.3) is 0 Å². The molecule has 0 saturated heterocycles. The highest BCUT2D eigenvalue weighted by Crippen LogP contribution is 2.65. The molecule has 3 fully saturated rings. The van der Waals surface area contributed by atoms with Gasteiger partial charge < -0.3 is 10.2 Å². The maximum Gasteiger partial charge on any atom is 0.155 e. The predicted molar refractivity (Wildman–Crippen MR) is 84.1 cm³/mol. The lowest BCUT2D eigenvalue weighted by molar-refractivity contribution is -0.118. The fourth-order valence-corrected chi connectivity index (χ4v) is 6.55. The highest BCUT2D eigenvalue weighted by molar-refractivity contribution is 5.91. The molecule has 4 rings (SSSR count). The number of fused-ring (bicyclic) bond motifs is 5. The molecule has 0 spiro atoms. The molecule has 3 nitrogen and oxygen atoms in total. The molecule has 3 heteroatoms. The van der Waals surface area contributed by atoms with Crippen molar-refractivity contribution in [1.82, 2.24) is 0 Å². The van der Waals surface area contributed by atoms with Crippen molar-refractivity contribution in [3.63, 3.8) is 0 Å². The molecule has 0 aliphatic heterocycles. The molecule has 0 radical (unpaired) electrons. The van der Waals surface area contributed by atoms with Crippen LogP contribution in [-0.4, -0.2) is 28.2 Å². The molecule has 2 N–H and O–H groups in total. The summed E-state index contributed by atoms with van der Waals surface area (Å²) in [5.41, 5.74) is 1.45. The first-order valence-electron chi connectivity index (χ1n) is 8.96. The second-order valence-corrected chi connectivity index (χ2v) is 8.76. The molecule has 0 aromatic rings. The summed E-state index contributed by atoms with van der Waals surface area (Å²) in [5.74, 6) is 1.96. The van der Waals surface area contributed by atoms with E-state index in [1.807, 2.05) is 6.08 Å². The van der Waals surface area contributed by atoms with Gasteiger partial charge in [-0.1, -0.05) is 19.4 Å². The average Bonchev–Trinajstić information content (AvgIpc) is 2.72. The molecule has 0 aromatic carbocycles. The lowest BCUT2D eigenvalue weighted by Gasteiger charge is -2.57. The van der Waals surface area contributed by atoms with E-state index in [-0.39, 0.29) is 10.8 Å². The van der Waals surface area contributed by atoms with E-state index in [0.717, 1.165) is 38.5 Å². The SMILES string of the molecule is C[C@]12CC[C@@H]3[C@@H](CCC4=CC(=O)CC[C@@]43C)[C@@H]1C[C@H](O)[C@H]2O. The van der Waals surface area contributed by atoms with Crippen LogP contribution < -0.4 is 0 Å². The third-order valence-corrected chi connectivity index (χ3v) is 7.94. The summed E-state index contributed by atoms with van der Waals surface area (Å²) in [4.78, 5) is 11.8. The van der Waals surface area contributed by atoms with Gasteiger partial charge in [-0.3, -0.25) is 4.79 Å². The minimum Gasteiger partial charge on any atom is -0.390 e. The molecular weight excluding hydrogens is 276 g/mol. The van der Waals surface area contributed by atoms with Crippen molar-refractivity contribution in [1.29, 1.82) is 0 Å². The lowest BCUT2D eigenvalue weighted by atomic mass is 9.47. The number of hydrogen-bond donors (Lipinski definition) is 2. The molecular formula is C19H28O3. The Balaban J connectivity index is 1.69. The number of rotatable bonds is 0. The van der Waals surface area contributed by atoms with Crippen LogP contribution in [0.4, 0.5) is 0 Å². The summed E-state index contributed by atoms with van der Waals surface area (Å²) in [6, 6.07) is 0. The predicted octanol–water partition coefficient (Wildman–Crippen LogP) is 2.85. The fraction of sp³-hybridized carbons (Fsp3) is 0.842. The smallest absolute Gasteiger partial charge is 0.155 e. The summed E-state index contributed by atoms with van der Waals surface area (Å²) in [6.07, 6.45) is 7.56. The van der Waals surface area contributed by atoms with Crippen molar-refractivity contribution in [3.8, 4) is 0 Å². The Morgan fingerprint density at radius 3 is 2.64 bits per heavy atom. The Labute approximate surface area is 132 Å². The second-order valence-electron chi connectivity index (χ2n) is 8.76. The Morgan fingerprint density at radius 2 is 1.86 bits per heavy atom. The summed E-state index contributed by atoms with van der Waals surface area (Å²) >= 11 is 0. The zero-order chi connectivity index (χ0) is 15.7. The summed E-state index contributed by atoms with van der Waals surface area (Å²) in [6.45, 7) is 4.55. The summed E-state index contributed by atoms with van der Waals surface area (Å²) in [7, 11) is 0. The largest absolute Gasteiger partial charge is 0.390 e. The van der Waals surface area contributed by atoms with Crippen molar-refractivity contribution in [2.45, 2.75) is 71.0 Å². The van der Waals surface area contributed by atoms with E-state index >= 15 is 0 Å². The summed E-state index contributed by atoms with van der Waals surface area (Å²) < 4.78 is 0. The summed E-state index contributed by atoms with van der Waals surface area (Å²) in [5, 5.41) is 20.7. The number of aliphatic hydroxyl groups is 2. The first-order valence-corrected chi connectivity index (χ1v) is 8.96. The van der Waals surface area contributed by atoms with E-state index in [4.69, 9.17) is 0 Å². The first kappa shape index (κ1) is 14.9. The lowest BCUT2D eigenvalue weighted by Crippen LogP contribution is -2.51. The van der Waals surface area contributed by atoms with Crippen LogP contribution >= 0.6 is 0 Å². The van der Waals surface area contributed by atoms with Gasteiger partial charge in [0.1, 0.15) is 0 Å². The number of ketones is 1. The van der Waals surface area contributed by atoms with Crippen LogP contribution in [0.1, 0.15) is 58.8 Å². The fourth-order valence-electron chi connectivity index (χ4n) is 6.55. The van der Waals surface area contributed by atoms with Crippen LogP contribution in [-0.2, 0) is 4.79 Å². The molecule has 0 aromatic heterocycles. The van der Waals surface area contributed by atoms with Crippen LogP contribution in [0.5, 0.6) is 0 Å². The van der Waals surface area contributed by atoms with Crippen LogP contribution in [0.15, 0.2) is 11.6 Å².